The molecule has 0 saturated heterocycles. The van der Waals surface area contributed by atoms with Crippen LogP contribution in [0.2, 0.25) is 0 Å². The first-order valence-electron chi connectivity index (χ1n) is 7.46. The van der Waals surface area contributed by atoms with E-state index < -0.39 is 23.3 Å². The highest BCUT2D eigenvalue weighted by Crippen LogP contribution is 2.23. The van der Waals surface area contributed by atoms with Crippen molar-refractivity contribution in [1.29, 1.82) is 0 Å². The fraction of sp³-hybridized carbons (Fsp3) is 0.118. The molecule has 8 heteroatoms. The molecular weight excluding hydrogens is 343 g/mol. The van der Waals surface area contributed by atoms with Gasteiger partial charge in [-0.05, 0) is 36.6 Å². The quantitative estimate of drug-likeness (QED) is 0.750. The van der Waals surface area contributed by atoms with Crippen LogP contribution in [0.3, 0.4) is 0 Å². The van der Waals surface area contributed by atoms with E-state index in [4.69, 9.17) is 5.73 Å². The van der Waals surface area contributed by atoms with Crippen molar-refractivity contribution in [2.75, 3.05) is 11.1 Å². The third kappa shape index (κ3) is 3.43. The van der Waals surface area contributed by atoms with Gasteiger partial charge in [0, 0.05) is 0 Å². The van der Waals surface area contributed by atoms with Crippen LogP contribution in [0.5, 0.6) is 0 Å². The second-order valence-electron chi connectivity index (χ2n) is 5.36. The predicted octanol–water partition coefficient (Wildman–Crippen LogP) is 2.89. The van der Waals surface area contributed by atoms with Gasteiger partial charge in [0.15, 0.2) is 0 Å². The van der Waals surface area contributed by atoms with E-state index in [0.717, 1.165) is 9.56 Å². The highest BCUT2D eigenvalue weighted by Gasteiger charge is 2.21. The van der Waals surface area contributed by atoms with Gasteiger partial charge in [-0.2, -0.15) is 5.10 Å². The van der Waals surface area contributed by atoms with E-state index in [9.17, 15) is 14.0 Å². The molecule has 1 atom stereocenters. The fourth-order valence-electron chi connectivity index (χ4n) is 2.25. The molecule has 0 spiro atoms. The molecule has 1 aromatic carbocycles. The summed E-state index contributed by atoms with van der Waals surface area (Å²) < 4.78 is 14.7. The van der Waals surface area contributed by atoms with Crippen LogP contribution in [0.1, 0.15) is 13.0 Å². The molecule has 0 radical (unpaired) electrons. The van der Waals surface area contributed by atoms with Crippen LogP contribution in [-0.2, 0) is 4.79 Å². The highest BCUT2D eigenvalue weighted by molar-refractivity contribution is 7.13. The van der Waals surface area contributed by atoms with Crippen LogP contribution in [0.25, 0.3) is 10.6 Å². The Balaban J connectivity index is 1.94. The topological polar surface area (TPSA) is 90.0 Å². The second-order valence-corrected chi connectivity index (χ2v) is 6.30. The standard InChI is InChI=1S/C17H15FN4O2S/c1-10(16(23)20-13-6-3-2-5-11(13)18)22-17(24)12(19)9-14(21-22)15-7-4-8-25-15/h2-10H,19H2,1H3,(H,20,23)/t10-/m1/s1. The lowest BCUT2D eigenvalue weighted by Gasteiger charge is -2.15. The molecule has 0 unspecified atom stereocenters. The van der Waals surface area contributed by atoms with E-state index >= 15 is 0 Å². The predicted molar refractivity (Wildman–Crippen MR) is 96.0 cm³/mol. The molecule has 2 aromatic heterocycles. The first-order valence-corrected chi connectivity index (χ1v) is 8.34. The van der Waals surface area contributed by atoms with E-state index in [-0.39, 0.29) is 11.4 Å². The number of anilines is 2. The van der Waals surface area contributed by atoms with E-state index in [0.29, 0.717) is 5.69 Å². The summed E-state index contributed by atoms with van der Waals surface area (Å²) in [6.45, 7) is 1.50. The Morgan fingerprint density at radius 3 is 2.76 bits per heavy atom. The first kappa shape index (κ1) is 16.8. The van der Waals surface area contributed by atoms with E-state index in [2.05, 4.69) is 10.4 Å². The largest absolute Gasteiger partial charge is 0.394 e. The number of amides is 1. The minimum atomic E-state index is -0.964. The molecule has 0 bridgehead atoms. The molecule has 3 aromatic rings. The summed E-state index contributed by atoms with van der Waals surface area (Å²) in [7, 11) is 0. The number of carbonyl (C=O) groups excluding carboxylic acids is 1. The number of para-hydroxylation sites is 1. The molecule has 0 saturated carbocycles. The van der Waals surface area contributed by atoms with Gasteiger partial charge >= 0.3 is 0 Å². The molecule has 0 aliphatic rings. The zero-order valence-corrected chi connectivity index (χ0v) is 14.1. The molecule has 3 N–H and O–H groups in total. The molecular formula is C17H15FN4O2S. The van der Waals surface area contributed by atoms with Crippen molar-refractivity contribution in [2.45, 2.75) is 13.0 Å². The van der Waals surface area contributed by atoms with E-state index in [1.165, 1.54) is 42.5 Å². The number of nitrogens with zero attached hydrogens (tertiary/aromatic N) is 2. The van der Waals surface area contributed by atoms with Gasteiger partial charge in [0.2, 0.25) is 5.91 Å². The SMILES string of the molecule is C[C@H](C(=O)Nc1ccccc1F)n1nc(-c2cccs2)cc(N)c1=O. The third-order valence-electron chi connectivity index (χ3n) is 3.61. The van der Waals surface area contributed by atoms with Gasteiger partial charge in [-0.15, -0.1) is 11.3 Å². The monoisotopic (exact) mass is 358 g/mol. The zero-order chi connectivity index (χ0) is 18.0. The van der Waals surface area contributed by atoms with Crippen molar-refractivity contribution in [3.05, 3.63) is 64.0 Å². The number of hydrogen-bond acceptors (Lipinski definition) is 5. The van der Waals surface area contributed by atoms with E-state index in [1.54, 1.807) is 6.07 Å². The van der Waals surface area contributed by atoms with E-state index in [1.807, 2.05) is 17.5 Å². The number of hydrogen-bond donors (Lipinski definition) is 2. The number of benzene rings is 1. The minimum absolute atomic E-state index is 0.0102. The molecule has 25 heavy (non-hydrogen) atoms. The van der Waals surface area contributed by atoms with Crippen molar-refractivity contribution in [3.63, 3.8) is 0 Å². The second kappa shape index (κ2) is 6.86. The molecule has 0 aliphatic carbocycles. The summed E-state index contributed by atoms with van der Waals surface area (Å²) >= 11 is 1.44. The van der Waals surface area contributed by atoms with Crippen LogP contribution in [0.15, 0.2) is 52.6 Å². The number of nitrogens with two attached hydrogens (primary N) is 1. The van der Waals surface area contributed by atoms with Gasteiger partial charge in [-0.1, -0.05) is 18.2 Å². The Morgan fingerprint density at radius 2 is 2.08 bits per heavy atom. The molecule has 3 rings (SSSR count). The van der Waals surface area contributed by atoms with Crippen LogP contribution >= 0.6 is 11.3 Å². The van der Waals surface area contributed by atoms with Crippen molar-refractivity contribution in [2.24, 2.45) is 0 Å². The summed E-state index contributed by atoms with van der Waals surface area (Å²) in [5.41, 5.74) is 5.73. The van der Waals surface area contributed by atoms with Gasteiger partial charge in [-0.3, -0.25) is 9.59 Å². The third-order valence-corrected chi connectivity index (χ3v) is 4.51. The van der Waals surface area contributed by atoms with Gasteiger partial charge in [-0.25, -0.2) is 9.07 Å². The molecule has 128 valence electrons. The summed E-state index contributed by atoms with van der Waals surface area (Å²) in [5.74, 6) is -1.13. The molecule has 1 amide bonds. The highest BCUT2D eigenvalue weighted by atomic mass is 32.1. The maximum Gasteiger partial charge on any atom is 0.290 e. The lowest BCUT2D eigenvalue weighted by atomic mass is 10.2. The maximum absolute atomic E-state index is 13.7. The smallest absolute Gasteiger partial charge is 0.290 e. The fourth-order valence-corrected chi connectivity index (χ4v) is 2.93. The number of carbonyl (C=O) groups is 1. The van der Waals surface area contributed by atoms with Gasteiger partial charge in [0.25, 0.3) is 5.56 Å². The number of aromatic nitrogens is 2. The lowest BCUT2D eigenvalue weighted by molar-refractivity contribution is -0.119. The average Bonchev–Trinajstić information content (AvgIpc) is 3.13. The molecule has 0 aliphatic heterocycles. The van der Waals surface area contributed by atoms with Crippen molar-refractivity contribution in [1.82, 2.24) is 9.78 Å². The Labute approximate surface area is 146 Å². The summed E-state index contributed by atoms with van der Waals surface area (Å²) in [4.78, 5) is 25.5. The van der Waals surface area contributed by atoms with Crippen LogP contribution < -0.4 is 16.6 Å². The van der Waals surface area contributed by atoms with Crippen molar-refractivity contribution in [3.8, 4) is 10.6 Å². The Kier molecular flexibility index (Phi) is 4.62. The Bertz CT molecular complexity index is 969. The van der Waals surface area contributed by atoms with Crippen LogP contribution in [-0.4, -0.2) is 15.7 Å². The van der Waals surface area contributed by atoms with Crippen LogP contribution in [0, 0.1) is 5.82 Å². The first-order chi connectivity index (χ1) is 12.0. The number of rotatable bonds is 4. The normalized spacial score (nSPS) is 11.9. The molecule has 2 heterocycles. The number of thiophene rings is 1. The molecule has 6 nitrogen and oxygen atoms in total. The van der Waals surface area contributed by atoms with Crippen LogP contribution in [0.4, 0.5) is 15.8 Å². The van der Waals surface area contributed by atoms with Gasteiger partial charge < -0.3 is 11.1 Å². The zero-order valence-electron chi connectivity index (χ0n) is 13.3. The van der Waals surface area contributed by atoms with Gasteiger partial charge in [0.05, 0.1) is 10.6 Å². The van der Waals surface area contributed by atoms with Crippen molar-refractivity contribution >= 4 is 28.6 Å². The minimum Gasteiger partial charge on any atom is -0.394 e. The Morgan fingerprint density at radius 1 is 1.32 bits per heavy atom. The summed E-state index contributed by atoms with van der Waals surface area (Å²) in [6.07, 6.45) is 0. The number of halogens is 1. The average molecular weight is 358 g/mol. The van der Waals surface area contributed by atoms with Gasteiger partial charge in [0.1, 0.15) is 23.2 Å². The Hall–Kier alpha value is -3.00. The lowest BCUT2D eigenvalue weighted by Crippen LogP contribution is -2.34. The maximum atomic E-state index is 13.7. The summed E-state index contributed by atoms with van der Waals surface area (Å²) in [5, 5.41) is 8.57. The molecule has 0 fully saturated rings. The number of nitrogen functional groups attached to an aromatic ring is 1. The summed E-state index contributed by atoms with van der Waals surface area (Å²) in [6, 6.07) is 10.00. The number of nitrogens with one attached hydrogen (secondary N) is 1. The van der Waals surface area contributed by atoms with Crippen molar-refractivity contribution < 1.29 is 9.18 Å².